The summed E-state index contributed by atoms with van der Waals surface area (Å²) < 4.78 is 0. The molecule has 5 nitrogen and oxygen atoms in total. The van der Waals surface area contributed by atoms with Gasteiger partial charge < -0.3 is 15.1 Å². The van der Waals surface area contributed by atoms with Gasteiger partial charge in [0.1, 0.15) is 5.41 Å². The van der Waals surface area contributed by atoms with Crippen LogP contribution >= 0.6 is 0 Å². The van der Waals surface area contributed by atoms with Crippen LogP contribution in [0.15, 0.2) is 42.5 Å². The minimum absolute atomic E-state index is 0.0751. The van der Waals surface area contributed by atoms with Crippen molar-refractivity contribution < 1.29 is 19.8 Å². The normalized spacial score (nSPS) is 26.0. The Labute approximate surface area is 152 Å². The molecule has 1 aliphatic carbocycles. The van der Waals surface area contributed by atoms with Crippen LogP contribution in [0.5, 0.6) is 0 Å². The number of piperidine rings is 1. The van der Waals surface area contributed by atoms with Crippen molar-refractivity contribution in [2.75, 3.05) is 13.1 Å². The van der Waals surface area contributed by atoms with E-state index >= 15 is 0 Å². The van der Waals surface area contributed by atoms with Crippen LogP contribution in [0.4, 0.5) is 0 Å². The Morgan fingerprint density at radius 3 is 2.50 bits per heavy atom. The molecule has 2 aliphatic rings. The monoisotopic (exact) mass is 353 g/mol. The number of amides is 1. The van der Waals surface area contributed by atoms with Gasteiger partial charge in [0.25, 0.3) is 5.91 Å². The van der Waals surface area contributed by atoms with E-state index in [-0.39, 0.29) is 12.5 Å². The van der Waals surface area contributed by atoms with Crippen LogP contribution in [0.3, 0.4) is 0 Å². The summed E-state index contributed by atoms with van der Waals surface area (Å²) in [7, 11) is 0. The molecule has 1 heterocycles. The van der Waals surface area contributed by atoms with E-state index in [2.05, 4.69) is 0 Å². The predicted molar refractivity (Wildman–Crippen MR) is 97.9 cm³/mol. The number of carbonyl (C=O) groups is 2. The molecule has 0 radical (unpaired) electrons. The van der Waals surface area contributed by atoms with Gasteiger partial charge in [-0.05, 0) is 41.7 Å². The first-order chi connectivity index (χ1) is 12.5. The summed E-state index contributed by atoms with van der Waals surface area (Å²) in [4.78, 5) is 26.6. The van der Waals surface area contributed by atoms with Gasteiger partial charge >= 0.3 is 5.97 Å². The number of hydrogen-bond donors (Lipinski definition) is 2. The topological polar surface area (TPSA) is 77.8 Å². The molecule has 0 unspecified atom stereocenters. The number of carboxylic acid groups (broad SMARTS) is 1. The van der Waals surface area contributed by atoms with Crippen LogP contribution in [0.2, 0.25) is 0 Å². The van der Waals surface area contributed by atoms with Crippen molar-refractivity contribution in [3.8, 4) is 0 Å². The molecule has 0 spiro atoms. The molecule has 2 aromatic carbocycles. The van der Waals surface area contributed by atoms with Crippen LogP contribution in [0.25, 0.3) is 10.8 Å². The maximum Gasteiger partial charge on any atom is 0.314 e. The highest BCUT2D eigenvalue weighted by Gasteiger charge is 2.52. The van der Waals surface area contributed by atoms with Gasteiger partial charge in [-0.3, -0.25) is 9.59 Å². The van der Waals surface area contributed by atoms with Crippen LogP contribution in [-0.4, -0.2) is 46.2 Å². The summed E-state index contributed by atoms with van der Waals surface area (Å²) in [5, 5.41) is 22.4. The SMILES string of the molecule is O=C(c1ccc2ccccc2c1)N1CC[C@H](O)[C@](CC2CC2)(C(=O)O)C1. The fourth-order valence-corrected chi connectivity index (χ4v) is 4.09. The summed E-state index contributed by atoms with van der Waals surface area (Å²) in [5.41, 5.74) is -0.683. The molecule has 1 aliphatic heterocycles. The number of aliphatic hydroxyl groups is 1. The number of carbonyl (C=O) groups excluding carboxylic acids is 1. The Balaban J connectivity index is 1.61. The lowest BCUT2D eigenvalue weighted by Gasteiger charge is -2.43. The summed E-state index contributed by atoms with van der Waals surface area (Å²) in [5.74, 6) is -0.798. The maximum atomic E-state index is 13.0. The molecule has 1 amide bonds. The van der Waals surface area contributed by atoms with Crippen molar-refractivity contribution >= 4 is 22.6 Å². The second-order valence-corrected chi connectivity index (χ2v) is 7.70. The van der Waals surface area contributed by atoms with Crippen molar-refractivity contribution in [3.63, 3.8) is 0 Å². The van der Waals surface area contributed by atoms with Gasteiger partial charge in [0, 0.05) is 18.7 Å². The Morgan fingerprint density at radius 2 is 1.81 bits per heavy atom. The van der Waals surface area contributed by atoms with Gasteiger partial charge in [0.05, 0.1) is 6.10 Å². The third kappa shape index (κ3) is 2.97. The maximum absolute atomic E-state index is 13.0. The van der Waals surface area contributed by atoms with Crippen molar-refractivity contribution in [1.82, 2.24) is 4.90 Å². The van der Waals surface area contributed by atoms with Crippen molar-refractivity contribution in [1.29, 1.82) is 0 Å². The molecule has 1 saturated carbocycles. The Bertz CT molecular complexity index is 860. The predicted octanol–water partition coefficient (Wildman–Crippen LogP) is 2.92. The van der Waals surface area contributed by atoms with E-state index in [1.165, 1.54) is 0 Å². The van der Waals surface area contributed by atoms with Gasteiger partial charge in [0.15, 0.2) is 0 Å². The fourth-order valence-electron chi connectivity index (χ4n) is 4.09. The fraction of sp³-hybridized carbons (Fsp3) is 0.429. The van der Waals surface area contributed by atoms with Gasteiger partial charge in [-0.1, -0.05) is 43.2 Å². The highest BCUT2D eigenvalue weighted by Crippen LogP contribution is 2.45. The van der Waals surface area contributed by atoms with E-state index in [0.717, 1.165) is 23.6 Å². The summed E-state index contributed by atoms with van der Waals surface area (Å²) in [6.07, 6.45) is 1.88. The van der Waals surface area contributed by atoms with E-state index < -0.39 is 17.5 Å². The molecule has 26 heavy (non-hydrogen) atoms. The minimum Gasteiger partial charge on any atom is -0.481 e. The van der Waals surface area contributed by atoms with Crippen LogP contribution in [0, 0.1) is 11.3 Å². The molecular formula is C21H23NO4. The lowest BCUT2D eigenvalue weighted by molar-refractivity contribution is -0.163. The zero-order valence-corrected chi connectivity index (χ0v) is 14.6. The zero-order valence-electron chi connectivity index (χ0n) is 14.6. The molecule has 0 bridgehead atoms. The first kappa shape index (κ1) is 17.0. The van der Waals surface area contributed by atoms with E-state index in [4.69, 9.17) is 0 Å². The first-order valence-corrected chi connectivity index (χ1v) is 9.19. The summed E-state index contributed by atoms with van der Waals surface area (Å²) >= 11 is 0. The largest absolute Gasteiger partial charge is 0.481 e. The molecule has 2 N–H and O–H groups in total. The summed E-state index contributed by atoms with van der Waals surface area (Å²) in [6.45, 7) is 0.457. The van der Waals surface area contributed by atoms with Crippen LogP contribution in [0.1, 0.15) is 36.0 Å². The molecule has 2 atom stereocenters. The van der Waals surface area contributed by atoms with Crippen molar-refractivity contribution in [2.45, 2.75) is 31.8 Å². The van der Waals surface area contributed by atoms with Crippen LogP contribution < -0.4 is 0 Å². The third-order valence-electron chi connectivity index (χ3n) is 5.84. The molecule has 0 aromatic heterocycles. The lowest BCUT2D eigenvalue weighted by atomic mass is 9.73. The van der Waals surface area contributed by atoms with Crippen molar-refractivity contribution in [3.05, 3.63) is 48.0 Å². The number of aliphatic hydroxyl groups excluding tert-OH is 1. The van der Waals surface area contributed by atoms with E-state index in [9.17, 15) is 19.8 Å². The van der Waals surface area contributed by atoms with Gasteiger partial charge in [-0.2, -0.15) is 0 Å². The quantitative estimate of drug-likeness (QED) is 0.886. The minimum atomic E-state index is -1.24. The van der Waals surface area contributed by atoms with E-state index in [1.807, 2.05) is 36.4 Å². The molecule has 5 heteroatoms. The van der Waals surface area contributed by atoms with Crippen LogP contribution in [-0.2, 0) is 4.79 Å². The average molecular weight is 353 g/mol. The average Bonchev–Trinajstić information content (AvgIpc) is 3.46. The number of hydrogen-bond acceptors (Lipinski definition) is 3. The molecule has 2 aromatic rings. The van der Waals surface area contributed by atoms with Crippen molar-refractivity contribution in [2.24, 2.45) is 11.3 Å². The van der Waals surface area contributed by atoms with Gasteiger partial charge in [-0.15, -0.1) is 0 Å². The Hall–Kier alpha value is -2.40. The first-order valence-electron chi connectivity index (χ1n) is 9.19. The number of fused-ring (bicyclic) bond motifs is 1. The molecule has 136 valence electrons. The highest BCUT2D eigenvalue weighted by molar-refractivity contribution is 5.99. The Kier molecular flexibility index (Phi) is 4.19. The molecular weight excluding hydrogens is 330 g/mol. The molecule has 1 saturated heterocycles. The highest BCUT2D eigenvalue weighted by atomic mass is 16.4. The lowest BCUT2D eigenvalue weighted by Crippen LogP contribution is -2.57. The Morgan fingerprint density at radius 1 is 1.08 bits per heavy atom. The van der Waals surface area contributed by atoms with E-state index in [0.29, 0.717) is 30.9 Å². The number of benzene rings is 2. The number of aliphatic carboxylic acids is 1. The van der Waals surface area contributed by atoms with E-state index in [1.54, 1.807) is 11.0 Å². The molecule has 2 fully saturated rings. The summed E-state index contributed by atoms with van der Waals surface area (Å²) in [6, 6.07) is 13.4. The van der Waals surface area contributed by atoms with Gasteiger partial charge in [0.2, 0.25) is 0 Å². The second kappa shape index (κ2) is 6.40. The zero-order chi connectivity index (χ0) is 18.3. The molecule has 4 rings (SSSR count). The smallest absolute Gasteiger partial charge is 0.314 e. The standard InChI is InChI=1S/C21H23NO4/c23-18-9-10-22(13-21(18,20(25)26)12-14-5-6-14)19(24)17-8-7-15-3-1-2-4-16(15)11-17/h1-4,7-8,11,14,18,23H,5-6,9-10,12-13H2,(H,25,26)/t18-,21+/m0/s1. The number of likely N-dealkylation sites (tertiary alicyclic amines) is 1. The van der Waals surface area contributed by atoms with Gasteiger partial charge in [-0.25, -0.2) is 0 Å². The number of nitrogens with zero attached hydrogens (tertiary/aromatic N) is 1. The number of rotatable bonds is 4. The third-order valence-corrected chi connectivity index (χ3v) is 5.84. The second-order valence-electron chi connectivity index (χ2n) is 7.70. The number of carboxylic acids is 1.